The van der Waals surface area contributed by atoms with E-state index in [1.165, 1.54) is 18.3 Å². The second-order valence-corrected chi connectivity index (χ2v) is 9.37. The molecule has 2 aromatic carbocycles. The molecular formula is C27H26ClF3N4O5. The van der Waals surface area contributed by atoms with Crippen molar-refractivity contribution in [3.05, 3.63) is 76.6 Å². The monoisotopic (exact) mass is 578 g/mol. The Morgan fingerprint density at radius 3 is 2.45 bits per heavy atom. The number of nitrogens with one attached hydrogen (secondary N) is 2. The van der Waals surface area contributed by atoms with Crippen molar-refractivity contribution in [1.29, 1.82) is 0 Å². The van der Waals surface area contributed by atoms with Crippen LogP contribution in [0.3, 0.4) is 0 Å². The zero-order chi connectivity index (χ0) is 28.7. The number of carbonyl (C=O) groups is 2. The topological polar surface area (TPSA) is 113 Å². The van der Waals surface area contributed by atoms with Gasteiger partial charge in [0, 0.05) is 31.4 Å². The second kappa shape index (κ2) is 12.9. The molecule has 0 radical (unpaired) electrons. The number of hydrogen-bond donors (Lipinski definition) is 3. The third-order valence-electron chi connectivity index (χ3n) is 6.05. The van der Waals surface area contributed by atoms with Crippen LogP contribution in [0.5, 0.6) is 17.2 Å². The molecule has 0 bridgehead atoms. The summed E-state index contributed by atoms with van der Waals surface area (Å²) in [4.78, 5) is 29.6. The first-order valence-corrected chi connectivity index (χ1v) is 12.7. The van der Waals surface area contributed by atoms with Gasteiger partial charge >= 0.3 is 18.2 Å². The number of carbonyl (C=O) groups excluding carboxylic acids is 1. The first-order valence-electron chi connectivity index (χ1n) is 12.4. The lowest BCUT2D eigenvalue weighted by Gasteiger charge is -2.19. The highest BCUT2D eigenvalue weighted by Crippen LogP contribution is 2.40. The number of halogens is 4. The highest BCUT2D eigenvalue weighted by Gasteiger charge is 2.34. The lowest BCUT2D eigenvalue weighted by Crippen LogP contribution is -2.29. The number of urea groups is 1. The molecule has 2 amide bonds. The molecule has 2 heterocycles. The van der Waals surface area contributed by atoms with Gasteiger partial charge in [0.1, 0.15) is 23.9 Å². The summed E-state index contributed by atoms with van der Waals surface area (Å²) in [5, 5.41) is 13.5. The van der Waals surface area contributed by atoms with Crippen LogP contribution < -0.4 is 20.1 Å². The highest BCUT2D eigenvalue weighted by atomic mass is 35.5. The lowest BCUT2D eigenvalue weighted by atomic mass is 10.1. The van der Waals surface area contributed by atoms with Gasteiger partial charge in [-0.15, -0.1) is 0 Å². The van der Waals surface area contributed by atoms with Crippen LogP contribution >= 0.6 is 11.6 Å². The van der Waals surface area contributed by atoms with Crippen LogP contribution in [0, 0.1) is 0 Å². The zero-order valence-electron chi connectivity index (χ0n) is 21.1. The Kier molecular flexibility index (Phi) is 9.33. The third kappa shape index (κ3) is 7.99. The van der Waals surface area contributed by atoms with Gasteiger partial charge in [-0.2, -0.15) is 13.2 Å². The number of nitrogens with zero attached hydrogens (tertiary/aromatic N) is 2. The van der Waals surface area contributed by atoms with E-state index in [2.05, 4.69) is 20.5 Å². The van der Waals surface area contributed by atoms with E-state index in [1.54, 1.807) is 24.3 Å². The molecule has 9 nitrogen and oxygen atoms in total. The second-order valence-electron chi connectivity index (χ2n) is 8.96. The van der Waals surface area contributed by atoms with Crippen LogP contribution in [0.4, 0.5) is 23.7 Å². The van der Waals surface area contributed by atoms with E-state index in [0.29, 0.717) is 17.9 Å². The van der Waals surface area contributed by atoms with Crippen molar-refractivity contribution in [3.8, 4) is 17.2 Å². The van der Waals surface area contributed by atoms with Crippen LogP contribution in [-0.4, -0.2) is 53.2 Å². The van der Waals surface area contributed by atoms with Crippen molar-refractivity contribution in [2.24, 2.45) is 0 Å². The van der Waals surface area contributed by atoms with Gasteiger partial charge in [0.2, 0.25) is 0 Å². The van der Waals surface area contributed by atoms with Gasteiger partial charge < -0.3 is 25.2 Å². The van der Waals surface area contributed by atoms with Gasteiger partial charge in [-0.25, -0.2) is 14.6 Å². The molecule has 0 atom stereocenters. The van der Waals surface area contributed by atoms with Crippen molar-refractivity contribution in [2.75, 3.05) is 31.6 Å². The number of amides is 2. The summed E-state index contributed by atoms with van der Waals surface area (Å²) in [5.74, 6) is -0.431. The maximum atomic E-state index is 13.4. The van der Waals surface area contributed by atoms with E-state index in [0.717, 1.165) is 38.1 Å². The van der Waals surface area contributed by atoms with Crippen LogP contribution in [0.25, 0.3) is 0 Å². The quantitative estimate of drug-likeness (QED) is 0.269. The minimum Gasteiger partial charge on any atom is -0.490 e. The number of carboxylic acid groups (broad SMARTS) is 1. The maximum absolute atomic E-state index is 13.4. The van der Waals surface area contributed by atoms with Gasteiger partial charge in [0.15, 0.2) is 5.69 Å². The van der Waals surface area contributed by atoms with E-state index in [9.17, 15) is 22.8 Å². The van der Waals surface area contributed by atoms with E-state index >= 15 is 0 Å². The molecule has 0 spiro atoms. The summed E-state index contributed by atoms with van der Waals surface area (Å²) in [6.07, 6.45) is -1.22. The number of aromatic carboxylic acids is 1. The number of likely N-dealkylation sites (tertiary alicyclic amines) is 1. The summed E-state index contributed by atoms with van der Waals surface area (Å²) < 4.78 is 51.7. The summed E-state index contributed by atoms with van der Waals surface area (Å²) >= 11 is 5.88. The molecule has 3 N–H and O–H groups in total. The van der Waals surface area contributed by atoms with E-state index < -0.39 is 28.8 Å². The zero-order valence-corrected chi connectivity index (χ0v) is 21.9. The van der Waals surface area contributed by atoms with Crippen LogP contribution in [0.1, 0.15) is 34.5 Å². The minimum atomic E-state index is -4.71. The Balaban J connectivity index is 1.37. The fourth-order valence-electron chi connectivity index (χ4n) is 4.03. The smallest absolute Gasteiger partial charge is 0.417 e. The first-order chi connectivity index (χ1) is 19.1. The third-order valence-corrected chi connectivity index (χ3v) is 6.36. The van der Waals surface area contributed by atoms with Crippen LogP contribution in [0.15, 0.2) is 54.7 Å². The van der Waals surface area contributed by atoms with Gasteiger partial charge in [0.25, 0.3) is 0 Å². The van der Waals surface area contributed by atoms with Gasteiger partial charge in [-0.05, 0) is 55.8 Å². The molecule has 40 heavy (non-hydrogen) atoms. The molecule has 0 saturated carbocycles. The molecule has 1 fully saturated rings. The fourth-order valence-corrected chi connectivity index (χ4v) is 4.29. The van der Waals surface area contributed by atoms with Gasteiger partial charge in [-0.1, -0.05) is 23.7 Å². The van der Waals surface area contributed by atoms with Crippen molar-refractivity contribution >= 4 is 29.3 Å². The number of rotatable bonds is 10. The van der Waals surface area contributed by atoms with Crippen LogP contribution in [-0.2, 0) is 12.7 Å². The maximum Gasteiger partial charge on any atom is 0.417 e. The number of anilines is 1. The number of alkyl halides is 3. The van der Waals surface area contributed by atoms with E-state index in [1.807, 2.05) is 0 Å². The van der Waals surface area contributed by atoms with Crippen molar-refractivity contribution in [1.82, 2.24) is 15.2 Å². The molecule has 13 heteroatoms. The number of aromatic nitrogens is 1. The van der Waals surface area contributed by atoms with E-state index in [4.69, 9.17) is 26.2 Å². The number of pyridine rings is 1. The van der Waals surface area contributed by atoms with E-state index in [-0.39, 0.29) is 36.0 Å². The van der Waals surface area contributed by atoms with Crippen LogP contribution in [0.2, 0.25) is 5.02 Å². The average Bonchev–Trinajstić information content (AvgIpc) is 3.43. The van der Waals surface area contributed by atoms with Gasteiger partial charge in [0.05, 0.1) is 16.3 Å². The Morgan fingerprint density at radius 2 is 1.77 bits per heavy atom. The molecule has 1 aromatic heterocycles. The average molecular weight is 579 g/mol. The van der Waals surface area contributed by atoms with Gasteiger partial charge in [-0.3, -0.25) is 4.90 Å². The molecule has 212 valence electrons. The van der Waals surface area contributed by atoms with Crippen molar-refractivity contribution in [2.45, 2.75) is 25.6 Å². The Labute approximate surface area is 232 Å². The Hall–Kier alpha value is -4.03. The first kappa shape index (κ1) is 29.0. The Bertz CT molecular complexity index is 1350. The summed E-state index contributed by atoms with van der Waals surface area (Å²) in [7, 11) is 0. The molecule has 1 aliphatic rings. The predicted octanol–water partition coefficient (Wildman–Crippen LogP) is 6.04. The highest BCUT2D eigenvalue weighted by molar-refractivity contribution is 6.31. The standard InChI is InChI=1S/C27H26ClF3N4O5/c28-21-15-24(39-12-11-35-9-1-2-10-35)22(14-20(21)27(29,30)31)34-26(38)33-16-17-3-5-18(6-4-17)40-19-7-8-32-23(13-19)25(36)37/h3-8,13-15H,1-2,9-12,16H2,(H,36,37)(H2,33,34,38). The summed E-state index contributed by atoms with van der Waals surface area (Å²) in [5.41, 5.74) is -0.723. The number of benzene rings is 2. The van der Waals surface area contributed by atoms with Crippen molar-refractivity contribution in [3.63, 3.8) is 0 Å². The molecule has 4 rings (SSSR count). The SMILES string of the molecule is O=C(NCc1ccc(Oc2ccnc(C(=O)O)c2)cc1)Nc1cc(C(F)(F)F)c(Cl)cc1OCCN1CCCC1. The molecule has 0 unspecified atom stereocenters. The number of ether oxygens (including phenoxy) is 2. The fraction of sp³-hybridized carbons (Fsp3) is 0.296. The minimum absolute atomic E-state index is 0.0380. The molecule has 3 aromatic rings. The largest absolute Gasteiger partial charge is 0.490 e. The number of hydrogen-bond acceptors (Lipinski definition) is 6. The summed E-state index contributed by atoms with van der Waals surface area (Å²) in [6.45, 7) is 2.77. The number of carboxylic acids is 1. The Morgan fingerprint density at radius 1 is 1.05 bits per heavy atom. The van der Waals surface area contributed by atoms with Crippen molar-refractivity contribution < 1.29 is 37.3 Å². The normalized spacial score (nSPS) is 13.6. The molecule has 1 saturated heterocycles. The molecule has 0 aliphatic carbocycles. The predicted molar refractivity (Wildman–Crippen MR) is 141 cm³/mol. The lowest BCUT2D eigenvalue weighted by molar-refractivity contribution is -0.137. The molecular weight excluding hydrogens is 553 g/mol. The summed E-state index contributed by atoms with van der Waals surface area (Å²) in [6, 6.07) is 10.5. The molecule has 1 aliphatic heterocycles.